The van der Waals surface area contributed by atoms with E-state index in [-0.39, 0.29) is 5.91 Å². The van der Waals surface area contributed by atoms with Crippen molar-refractivity contribution in [1.29, 1.82) is 0 Å². The molecule has 2 aromatic carbocycles. The van der Waals surface area contributed by atoms with Crippen LogP contribution in [0.5, 0.6) is 5.75 Å². The zero-order valence-electron chi connectivity index (χ0n) is 15.9. The third kappa shape index (κ3) is 4.28. The first kappa shape index (κ1) is 18.7. The number of carbonyl (C=O) groups excluding carboxylic acids is 1. The first-order chi connectivity index (χ1) is 13.6. The number of hydrogen-bond acceptors (Lipinski definition) is 3. The summed E-state index contributed by atoms with van der Waals surface area (Å²) in [6.45, 7) is 0. The molecule has 28 heavy (non-hydrogen) atoms. The predicted octanol–water partition coefficient (Wildman–Crippen LogP) is 4.42. The monoisotopic (exact) mass is 395 g/mol. The normalized spacial score (nSPS) is 22.5. The summed E-state index contributed by atoms with van der Waals surface area (Å²) < 4.78 is 5.12. The third-order valence-corrected chi connectivity index (χ3v) is 6.03. The number of methoxy groups -OCH3 is 1. The Morgan fingerprint density at radius 3 is 2.25 bits per heavy atom. The summed E-state index contributed by atoms with van der Waals surface area (Å²) >= 11 is 5.47. The molecule has 6 heteroatoms. The molecule has 146 valence electrons. The standard InChI is InChI=1S/C22H25N3O2S/c1-27-19-10-8-17(9-11-19)23-21(26)15-4-6-18(7-5-15)24-22(28)25-20-13-14-2-3-16(20)12-14/h4-11,14,16,20H,2-3,12-13H2,1H3,(H,23,26)(H2,24,25,28)/t14-,16+,20-/m0/s1. The molecule has 4 rings (SSSR count). The van der Waals surface area contributed by atoms with Crippen LogP contribution in [0.25, 0.3) is 0 Å². The predicted molar refractivity (Wildman–Crippen MR) is 116 cm³/mol. The van der Waals surface area contributed by atoms with Gasteiger partial charge in [-0.2, -0.15) is 0 Å². The summed E-state index contributed by atoms with van der Waals surface area (Å²) in [6, 6.07) is 15.1. The summed E-state index contributed by atoms with van der Waals surface area (Å²) in [5.41, 5.74) is 2.19. The lowest BCUT2D eigenvalue weighted by Crippen LogP contribution is -2.40. The smallest absolute Gasteiger partial charge is 0.255 e. The summed E-state index contributed by atoms with van der Waals surface area (Å²) in [6.07, 6.45) is 5.28. The van der Waals surface area contributed by atoms with E-state index in [2.05, 4.69) is 16.0 Å². The number of rotatable bonds is 5. The first-order valence-electron chi connectivity index (χ1n) is 9.73. The highest BCUT2D eigenvalue weighted by atomic mass is 32.1. The molecule has 0 radical (unpaired) electrons. The molecule has 2 bridgehead atoms. The lowest BCUT2D eigenvalue weighted by atomic mass is 9.96. The van der Waals surface area contributed by atoms with Crippen molar-refractivity contribution in [1.82, 2.24) is 5.32 Å². The van der Waals surface area contributed by atoms with E-state index in [4.69, 9.17) is 17.0 Å². The Balaban J connectivity index is 1.30. The number of anilines is 2. The molecule has 5 nitrogen and oxygen atoms in total. The summed E-state index contributed by atoms with van der Waals surface area (Å²) in [5.74, 6) is 2.26. The van der Waals surface area contributed by atoms with Gasteiger partial charge >= 0.3 is 0 Å². The van der Waals surface area contributed by atoms with Crippen LogP contribution in [0, 0.1) is 11.8 Å². The van der Waals surface area contributed by atoms with Crippen LogP contribution in [-0.4, -0.2) is 24.2 Å². The van der Waals surface area contributed by atoms with Crippen molar-refractivity contribution in [3.63, 3.8) is 0 Å². The lowest BCUT2D eigenvalue weighted by molar-refractivity contribution is 0.102. The van der Waals surface area contributed by atoms with Gasteiger partial charge in [0, 0.05) is 23.0 Å². The average molecular weight is 396 g/mol. The highest BCUT2D eigenvalue weighted by molar-refractivity contribution is 7.80. The second-order valence-corrected chi connectivity index (χ2v) is 8.05. The molecule has 0 unspecified atom stereocenters. The molecule has 0 aromatic heterocycles. The van der Waals surface area contributed by atoms with E-state index in [1.165, 1.54) is 25.7 Å². The van der Waals surface area contributed by atoms with Gasteiger partial charge in [0.05, 0.1) is 7.11 Å². The largest absolute Gasteiger partial charge is 0.497 e. The second-order valence-electron chi connectivity index (χ2n) is 7.64. The minimum absolute atomic E-state index is 0.153. The fraction of sp³-hybridized carbons (Fsp3) is 0.364. The summed E-state index contributed by atoms with van der Waals surface area (Å²) in [5, 5.41) is 10.2. The number of fused-ring (bicyclic) bond motifs is 2. The first-order valence-corrected chi connectivity index (χ1v) is 10.1. The molecule has 3 atom stereocenters. The SMILES string of the molecule is COc1ccc(NC(=O)c2ccc(NC(=S)N[C@H]3C[C@H]4CC[C@@H]3C4)cc2)cc1. The van der Waals surface area contributed by atoms with Crippen molar-refractivity contribution in [2.75, 3.05) is 17.7 Å². The molecule has 0 spiro atoms. The van der Waals surface area contributed by atoms with Gasteiger partial charge < -0.3 is 20.7 Å². The van der Waals surface area contributed by atoms with Gasteiger partial charge in [-0.3, -0.25) is 4.79 Å². The minimum Gasteiger partial charge on any atom is -0.497 e. The van der Waals surface area contributed by atoms with Crippen molar-refractivity contribution >= 4 is 34.6 Å². The number of benzene rings is 2. The number of carbonyl (C=O) groups is 1. The van der Waals surface area contributed by atoms with Crippen molar-refractivity contribution < 1.29 is 9.53 Å². The quantitative estimate of drug-likeness (QED) is 0.654. The van der Waals surface area contributed by atoms with E-state index in [1.807, 2.05) is 36.4 Å². The van der Waals surface area contributed by atoms with E-state index < -0.39 is 0 Å². The highest BCUT2D eigenvalue weighted by Gasteiger charge is 2.39. The number of amides is 1. The van der Waals surface area contributed by atoms with Crippen LogP contribution in [0.2, 0.25) is 0 Å². The van der Waals surface area contributed by atoms with Gasteiger partial charge in [0.1, 0.15) is 5.75 Å². The minimum atomic E-state index is -0.153. The number of nitrogens with one attached hydrogen (secondary N) is 3. The van der Waals surface area contributed by atoms with Gasteiger partial charge in [-0.25, -0.2) is 0 Å². The molecule has 2 fully saturated rings. The van der Waals surface area contributed by atoms with Gasteiger partial charge in [0.25, 0.3) is 5.91 Å². The average Bonchev–Trinajstić information content (AvgIpc) is 3.32. The fourth-order valence-electron chi connectivity index (χ4n) is 4.34. The van der Waals surface area contributed by atoms with Gasteiger partial charge in [-0.1, -0.05) is 6.42 Å². The molecule has 3 N–H and O–H groups in total. The number of hydrogen-bond donors (Lipinski definition) is 3. The molecule has 2 aromatic rings. The van der Waals surface area contributed by atoms with E-state index >= 15 is 0 Å². The second kappa shape index (κ2) is 8.19. The van der Waals surface area contributed by atoms with Crippen molar-refractivity contribution in [3.05, 3.63) is 54.1 Å². The molecule has 2 aliphatic rings. The van der Waals surface area contributed by atoms with Crippen molar-refractivity contribution in [2.24, 2.45) is 11.8 Å². The Kier molecular flexibility index (Phi) is 5.48. The van der Waals surface area contributed by atoms with Gasteiger partial charge in [-0.05, 0) is 91.8 Å². The van der Waals surface area contributed by atoms with E-state index in [1.54, 1.807) is 19.2 Å². The number of ether oxygens (including phenoxy) is 1. The summed E-state index contributed by atoms with van der Waals surface area (Å²) in [7, 11) is 1.61. The zero-order valence-corrected chi connectivity index (χ0v) is 16.7. The Labute approximate surface area is 170 Å². The highest BCUT2D eigenvalue weighted by Crippen LogP contribution is 2.44. The molecule has 0 aliphatic heterocycles. The van der Waals surface area contributed by atoms with Crippen LogP contribution >= 0.6 is 12.2 Å². The van der Waals surface area contributed by atoms with Crippen molar-refractivity contribution in [2.45, 2.75) is 31.7 Å². The van der Waals surface area contributed by atoms with Crippen LogP contribution in [0.1, 0.15) is 36.0 Å². The maximum atomic E-state index is 12.4. The molecular formula is C22H25N3O2S. The molecule has 0 heterocycles. The van der Waals surface area contributed by atoms with Crippen LogP contribution in [0.4, 0.5) is 11.4 Å². The van der Waals surface area contributed by atoms with Gasteiger partial charge in [0.15, 0.2) is 5.11 Å². The van der Waals surface area contributed by atoms with E-state index in [9.17, 15) is 4.79 Å². The van der Waals surface area contributed by atoms with Gasteiger partial charge in [0.2, 0.25) is 0 Å². The molecule has 1 amide bonds. The maximum Gasteiger partial charge on any atom is 0.255 e. The van der Waals surface area contributed by atoms with Gasteiger partial charge in [-0.15, -0.1) is 0 Å². The topological polar surface area (TPSA) is 62.4 Å². The molecule has 2 aliphatic carbocycles. The van der Waals surface area contributed by atoms with E-state index in [0.717, 1.165) is 29.0 Å². The molecular weight excluding hydrogens is 370 g/mol. The zero-order chi connectivity index (χ0) is 19.5. The molecule has 2 saturated carbocycles. The van der Waals surface area contributed by atoms with Crippen LogP contribution in [-0.2, 0) is 0 Å². The Hall–Kier alpha value is -2.60. The molecule has 0 saturated heterocycles. The van der Waals surface area contributed by atoms with E-state index in [0.29, 0.717) is 16.7 Å². The van der Waals surface area contributed by atoms with Crippen molar-refractivity contribution in [3.8, 4) is 5.75 Å². The van der Waals surface area contributed by atoms with Crippen LogP contribution in [0.15, 0.2) is 48.5 Å². The summed E-state index contributed by atoms with van der Waals surface area (Å²) in [4.78, 5) is 12.4. The Morgan fingerprint density at radius 2 is 1.64 bits per heavy atom. The third-order valence-electron chi connectivity index (χ3n) is 5.81. The van der Waals surface area contributed by atoms with Crippen LogP contribution in [0.3, 0.4) is 0 Å². The Morgan fingerprint density at radius 1 is 0.964 bits per heavy atom. The maximum absolute atomic E-state index is 12.4. The number of thiocarbonyl (C=S) groups is 1. The fourth-order valence-corrected chi connectivity index (χ4v) is 4.61. The Bertz CT molecular complexity index is 851. The lowest BCUT2D eigenvalue weighted by Gasteiger charge is -2.24. The van der Waals surface area contributed by atoms with Crippen LogP contribution < -0.4 is 20.7 Å².